The van der Waals surface area contributed by atoms with Gasteiger partial charge in [0.05, 0.1) is 0 Å². The molecule has 1 aliphatic rings. The van der Waals surface area contributed by atoms with Crippen molar-refractivity contribution in [3.05, 3.63) is 66.0 Å². The number of nitrogens with zero attached hydrogens (tertiary/aromatic N) is 1. The molecular weight excluding hydrogens is 258 g/mol. The number of rotatable bonds is 2. The molecule has 21 heavy (non-hydrogen) atoms. The summed E-state index contributed by atoms with van der Waals surface area (Å²) >= 11 is 0. The van der Waals surface area contributed by atoms with Gasteiger partial charge in [-0.25, -0.2) is 0 Å². The highest BCUT2D eigenvalue weighted by Gasteiger charge is 2.21. The Bertz CT molecular complexity index is 785. The third kappa shape index (κ3) is 2.11. The minimum absolute atomic E-state index is 0.439. The lowest BCUT2D eigenvalue weighted by atomic mass is 10.1. The van der Waals surface area contributed by atoms with Crippen LogP contribution in [0.15, 0.2) is 54.9 Å². The smallest absolute Gasteiger partial charge is 0.0439 e. The van der Waals surface area contributed by atoms with Gasteiger partial charge in [-0.05, 0) is 42.2 Å². The summed E-state index contributed by atoms with van der Waals surface area (Å²) in [4.78, 5) is 4.23. The van der Waals surface area contributed by atoms with Crippen LogP contribution in [0.1, 0.15) is 11.1 Å². The molecule has 1 aliphatic carbocycles. The predicted molar refractivity (Wildman–Crippen MR) is 87.4 cm³/mol. The van der Waals surface area contributed by atoms with Crippen LogP contribution in [0.25, 0.3) is 10.8 Å². The number of fused-ring (bicyclic) bond motifs is 2. The molecule has 0 saturated heterocycles. The standard InChI is InChI=1S/C18H17N3/c19-17-5-6-18(16-11-20-8-7-15(16)17)21-14-9-12-3-1-2-4-13(12)10-14/h1-8,11,14,21H,9-10,19H2. The first-order chi connectivity index (χ1) is 10.3. The van der Waals surface area contributed by atoms with Crippen molar-refractivity contribution >= 4 is 22.1 Å². The Hall–Kier alpha value is -2.55. The summed E-state index contributed by atoms with van der Waals surface area (Å²) in [5, 5.41) is 5.81. The Morgan fingerprint density at radius 1 is 0.952 bits per heavy atom. The highest BCUT2D eigenvalue weighted by atomic mass is 14.9. The second kappa shape index (κ2) is 4.77. The molecule has 0 fully saturated rings. The summed E-state index contributed by atoms with van der Waals surface area (Å²) in [6.45, 7) is 0. The van der Waals surface area contributed by atoms with Gasteiger partial charge in [0, 0.05) is 40.6 Å². The fraction of sp³-hybridized carbons (Fsp3) is 0.167. The zero-order valence-corrected chi connectivity index (χ0v) is 11.7. The van der Waals surface area contributed by atoms with Crippen molar-refractivity contribution in [1.82, 2.24) is 4.98 Å². The highest BCUT2D eigenvalue weighted by Crippen LogP contribution is 2.30. The molecule has 1 aromatic heterocycles. The van der Waals surface area contributed by atoms with Gasteiger partial charge in [-0.1, -0.05) is 24.3 Å². The largest absolute Gasteiger partial charge is 0.398 e. The molecule has 104 valence electrons. The van der Waals surface area contributed by atoms with E-state index in [-0.39, 0.29) is 0 Å². The Kier molecular flexibility index (Phi) is 2.78. The predicted octanol–water partition coefficient (Wildman–Crippen LogP) is 3.40. The number of hydrogen-bond donors (Lipinski definition) is 2. The Morgan fingerprint density at radius 2 is 1.71 bits per heavy atom. The average molecular weight is 275 g/mol. The molecular formula is C18H17N3. The maximum Gasteiger partial charge on any atom is 0.0439 e. The van der Waals surface area contributed by atoms with E-state index in [1.165, 1.54) is 11.1 Å². The van der Waals surface area contributed by atoms with Crippen molar-refractivity contribution in [2.24, 2.45) is 0 Å². The number of nitrogens with one attached hydrogen (secondary N) is 1. The summed E-state index contributed by atoms with van der Waals surface area (Å²) in [5.74, 6) is 0. The molecule has 0 spiro atoms. The van der Waals surface area contributed by atoms with Crippen molar-refractivity contribution in [3.63, 3.8) is 0 Å². The van der Waals surface area contributed by atoms with E-state index in [1.54, 1.807) is 6.20 Å². The first kappa shape index (κ1) is 12.2. The monoisotopic (exact) mass is 275 g/mol. The van der Waals surface area contributed by atoms with Gasteiger partial charge in [0.2, 0.25) is 0 Å². The summed E-state index contributed by atoms with van der Waals surface area (Å²) in [6, 6.07) is 15.1. The summed E-state index contributed by atoms with van der Waals surface area (Å²) < 4.78 is 0. The van der Waals surface area contributed by atoms with Crippen LogP contribution in [0, 0.1) is 0 Å². The van der Waals surface area contributed by atoms with Gasteiger partial charge >= 0.3 is 0 Å². The Morgan fingerprint density at radius 3 is 2.48 bits per heavy atom. The molecule has 3 N–H and O–H groups in total. The normalized spacial score (nSPS) is 14.3. The first-order valence-electron chi connectivity index (χ1n) is 7.27. The molecule has 0 amide bonds. The molecule has 0 radical (unpaired) electrons. The minimum atomic E-state index is 0.439. The molecule has 0 atom stereocenters. The fourth-order valence-corrected chi connectivity index (χ4v) is 3.22. The van der Waals surface area contributed by atoms with Gasteiger partial charge in [0.25, 0.3) is 0 Å². The van der Waals surface area contributed by atoms with Crippen LogP contribution < -0.4 is 11.1 Å². The van der Waals surface area contributed by atoms with Gasteiger partial charge in [-0.3, -0.25) is 4.98 Å². The topological polar surface area (TPSA) is 50.9 Å². The van der Waals surface area contributed by atoms with Crippen LogP contribution in [-0.4, -0.2) is 11.0 Å². The number of nitrogens with two attached hydrogens (primary N) is 1. The van der Waals surface area contributed by atoms with Crippen LogP contribution in [0.4, 0.5) is 11.4 Å². The van der Waals surface area contributed by atoms with E-state index in [9.17, 15) is 0 Å². The number of aromatic nitrogens is 1. The maximum absolute atomic E-state index is 6.05. The summed E-state index contributed by atoms with van der Waals surface area (Å²) in [6.07, 6.45) is 5.81. The zero-order chi connectivity index (χ0) is 14.2. The third-order valence-corrected chi connectivity index (χ3v) is 4.26. The molecule has 0 unspecified atom stereocenters. The number of anilines is 2. The molecule has 2 aromatic carbocycles. The third-order valence-electron chi connectivity index (χ3n) is 4.26. The average Bonchev–Trinajstić information content (AvgIpc) is 2.93. The lowest BCUT2D eigenvalue weighted by molar-refractivity contribution is 0.775. The highest BCUT2D eigenvalue weighted by molar-refractivity contribution is 6.00. The lowest BCUT2D eigenvalue weighted by Crippen LogP contribution is -2.19. The summed E-state index contributed by atoms with van der Waals surface area (Å²) in [5.41, 5.74) is 10.9. The van der Waals surface area contributed by atoms with E-state index in [2.05, 4.69) is 40.6 Å². The lowest BCUT2D eigenvalue weighted by Gasteiger charge is -2.16. The fourth-order valence-electron chi connectivity index (χ4n) is 3.22. The molecule has 3 aromatic rings. The van der Waals surface area contributed by atoms with E-state index in [1.807, 2.05) is 18.3 Å². The second-order valence-corrected chi connectivity index (χ2v) is 5.64. The van der Waals surface area contributed by atoms with Gasteiger partial charge in [0.15, 0.2) is 0 Å². The minimum Gasteiger partial charge on any atom is -0.398 e. The molecule has 3 nitrogen and oxygen atoms in total. The molecule has 0 bridgehead atoms. The maximum atomic E-state index is 6.05. The van der Waals surface area contributed by atoms with Crippen molar-refractivity contribution in [3.8, 4) is 0 Å². The van der Waals surface area contributed by atoms with Gasteiger partial charge in [0.1, 0.15) is 0 Å². The van der Waals surface area contributed by atoms with Gasteiger partial charge < -0.3 is 11.1 Å². The van der Waals surface area contributed by atoms with E-state index in [0.29, 0.717) is 6.04 Å². The van der Waals surface area contributed by atoms with E-state index < -0.39 is 0 Å². The Labute approximate surface area is 123 Å². The van der Waals surface area contributed by atoms with Crippen molar-refractivity contribution in [2.75, 3.05) is 11.1 Å². The number of pyridine rings is 1. The van der Waals surface area contributed by atoms with Gasteiger partial charge in [-0.2, -0.15) is 0 Å². The van der Waals surface area contributed by atoms with Crippen molar-refractivity contribution in [2.45, 2.75) is 18.9 Å². The van der Waals surface area contributed by atoms with Crippen LogP contribution in [0.3, 0.4) is 0 Å². The zero-order valence-electron chi connectivity index (χ0n) is 11.7. The van der Waals surface area contributed by atoms with Crippen LogP contribution in [0.5, 0.6) is 0 Å². The number of hydrogen-bond acceptors (Lipinski definition) is 3. The van der Waals surface area contributed by atoms with Crippen molar-refractivity contribution < 1.29 is 0 Å². The molecule has 4 rings (SSSR count). The Balaban J connectivity index is 1.66. The molecule has 3 heteroatoms. The van der Waals surface area contributed by atoms with E-state index >= 15 is 0 Å². The van der Waals surface area contributed by atoms with Crippen LogP contribution >= 0.6 is 0 Å². The second-order valence-electron chi connectivity index (χ2n) is 5.64. The molecule has 0 saturated carbocycles. The summed E-state index contributed by atoms with van der Waals surface area (Å²) in [7, 11) is 0. The molecule has 1 heterocycles. The quantitative estimate of drug-likeness (QED) is 0.705. The van der Waals surface area contributed by atoms with E-state index in [0.717, 1.165) is 35.0 Å². The molecule has 0 aliphatic heterocycles. The van der Waals surface area contributed by atoms with Gasteiger partial charge in [-0.15, -0.1) is 0 Å². The van der Waals surface area contributed by atoms with Crippen molar-refractivity contribution in [1.29, 1.82) is 0 Å². The SMILES string of the molecule is Nc1ccc(NC2Cc3ccccc3C2)c2cnccc12. The number of benzene rings is 2. The van der Waals surface area contributed by atoms with E-state index in [4.69, 9.17) is 5.73 Å². The first-order valence-corrected chi connectivity index (χ1v) is 7.27. The van der Waals surface area contributed by atoms with Crippen LogP contribution in [0.2, 0.25) is 0 Å². The van der Waals surface area contributed by atoms with Crippen LogP contribution in [-0.2, 0) is 12.8 Å². The number of nitrogen functional groups attached to an aromatic ring is 1.